The summed E-state index contributed by atoms with van der Waals surface area (Å²) in [7, 11) is 1.58. The molecule has 0 aliphatic heterocycles. The minimum absolute atomic E-state index is 0.0467. The second-order valence-electron chi connectivity index (χ2n) is 6.06. The molecule has 0 N–H and O–H groups in total. The highest BCUT2D eigenvalue weighted by Crippen LogP contribution is 2.41. The van der Waals surface area contributed by atoms with Crippen LogP contribution < -0.4 is 0 Å². The molecule has 0 spiro atoms. The van der Waals surface area contributed by atoms with Gasteiger partial charge in [0.25, 0.3) is 0 Å². The predicted molar refractivity (Wildman–Crippen MR) is 89.7 cm³/mol. The number of methoxy groups -OCH3 is 1. The van der Waals surface area contributed by atoms with Crippen LogP contribution in [0.1, 0.15) is 37.4 Å². The van der Waals surface area contributed by atoms with Gasteiger partial charge >= 0.3 is 0 Å². The number of alkyl halides is 2. The second kappa shape index (κ2) is 6.23. The molecular weight excluding hydrogens is 366 g/mol. The molecule has 1 heterocycles. The number of hydrogen-bond acceptors (Lipinski definition) is 2. The lowest BCUT2D eigenvalue weighted by Gasteiger charge is -2.28. The minimum atomic E-state index is -2.54. The van der Waals surface area contributed by atoms with Gasteiger partial charge in [-0.15, -0.1) is 0 Å². The first kappa shape index (κ1) is 16.4. The summed E-state index contributed by atoms with van der Waals surface area (Å²) < 4.78 is 35.1. The lowest BCUT2D eigenvalue weighted by molar-refractivity contribution is -0.0389. The Bertz CT molecular complexity index is 732. The van der Waals surface area contributed by atoms with Gasteiger partial charge in [-0.1, -0.05) is 22.5 Å². The van der Waals surface area contributed by atoms with Gasteiger partial charge in [-0.05, 0) is 31.0 Å². The van der Waals surface area contributed by atoms with Crippen LogP contribution in [-0.2, 0) is 11.3 Å². The Morgan fingerprint density at radius 1 is 1.43 bits per heavy atom. The monoisotopic (exact) mass is 384 g/mol. The molecule has 124 valence electrons. The summed E-state index contributed by atoms with van der Waals surface area (Å²) in [5.41, 5.74) is 1.83. The lowest BCUT2D eigenvalue weighted by Crippen LogP contribution is -2.25. The molecule has 3 nitrogen and oxygen atoms in total. The predicted octanol–water partition coefficient (Wildman–Crippen LogP) is 5.25. The molecule has 1 aromatic heterocycles. The summed E-state index contributed by atoms with van der Waals surface area (Å²) >= 11 is 3.48. The summed E-state index contributed by atoms with van der Waals surface area (Å²) in [6.45, 7) is 4.36. The minimum Gasteiger partial charge on any atom is -0.500 e. The molecule has 1 aromatic carbocycles. The van der Waals surface area contributed by atoms with Crippen molar-refractivity contribution in [1.29, 1.82) is 0 Å². The molecule has 6 heteroatoms. The summed E-state index contributed by atoms with van der Waals surface area (Å²) in [6, 6.07) is 5.86. The number of fused-ring (bicyclic) bond motifs is 1. The fourth-order valence-electron chi connectivity index (χ4n) is 3.13. The highest BCUT2D eigenvalue weighted by atomic mass is 79.9. The number of benzene rings is 1. The van der Waals surface area contributed by atoms with Gasteiger partial charge in [0.1, 0.15) is 11.6 Å². The average Bonchev–Trinajstić information content (AvgIpc) is 2.85. The average molecular weight is 385 g/mol. The molecule has 0 atom stereocenters. The molecule has 23 heavy (non-hydrogen) atoms. The molecule has 1 aliphatic rings. The van der Waals surface area contributed by atoms with Gasteiger partial charge in [0.2, 0.25) is 5.92 Å². The van der Waals surface area contributed by atoms with E-state index in [-0.39, 0.29) is 18.8 Å². The van der Waals surface area contributed by atoms with Crippen molar-refractivity contribution in [2.75, 3.05) is 7.11 Å². The summed E-state index contributed by atoms with van der Waals surface area (Å²) in [5, 5.41) is 0. The van der Waals surface area contributed by atoms with Crippen LogP contribution in [0.5, 0.6) is 0 Å². The van der Waals surface area contributed by atoms with E-state index in [9.17, 15) is 8.78 Å². The van der Waals surface area contributed by atoms with E-state index in [1.165, 1.54) is 0 Å². The first-order valence-electron chi connectivity index (χ1n) is 7.65. The molecule has 0 amide bonds. The van der Waals surface area contributed by atoms with Crippen molar-refractivity contribution in [2.45, 2.75) is 44.1 Å². The van der Waals surface area contributed by atoms with Crippen LogP contribution in [0.3, 0.4) is 0 Å². The number of nitrogens with zero attached hydrogens (tertiary/aromatic N) is 2. The Morgan fingerprint density at radius 3 is 2.78 bits per heavy atom. The van der Waals surface area contributed by atoms with E-state index < -0.39 is 5.92 Å². The number of imidazole rings is 1. The van der Waals surface area contributed by atoms with E-state index >= 15 is 0 Å². The highest BCUT2D eigenvalue weighted by molar-refractivity contribution is 9.10. The summed E-state index contributed by atoms with van der Waals surface area (Å²) in [5.74, 6) is -1.02. The molecule has 1 aliphatic carbocycles. The Hall–Kier alpha value is -1.43. The van der Waals surface area contributed by atoms with Gasteiger partial charge in [-0.3, -0.25) is 0 Å². The molecule has 0 radical (unpaired) electrons. The van der Waals surface area contributed by atoms with E-state index in [0.717, 1.165) is 21.3 Å². The first-order valence-corrected chi connectivity index (χ1v) is 8.44. The third-order valence-electron chi connectivity index (χ3n) is 4.45. The smallest absolute Gasteiger partial charge is 0.248 e. The maximum atomic E-state index is 13.4. The van der Waals surface area contributed by atoms with E-state index in [1.54, 1.807) is 7.11 Å². The number of hydrogen-bond donors (Lipinski definition) is 0. The summed E-state index contributed by atoms with van der Waals surface area (Å²) in [4.78, 5) is 4.71. The van der Waals surface area contributed by atoms with Gasteiger partial charge in [0, 0.05) is 23.2 Å². The van der Waals surface area contributed by atoms with E-state index in [0.29, 0.717) is 25.1 Å². The van der Waals surface area contributed by atoms with E-state index in [2.05, 4.69) is 22.5 Å². The topological polar surface area (TPSA) is 27.1 Å². The van der Waals surface area contributed by atoms with Gasteiger partial charge < -0.3 is 9.30 Å². The Balaban J connectivity index is 2.01. The number of rotatable bonds is 4. The Kier molecular flexibility index (Phi) is 4.45. The van der Waals surface area contributed by atoms with Crippen molar-refractivity contribution in [2.24, 2.45) is 0 Å². The van der Waals surface area contributed by atoms with Crippen LogP contribution in [0.25, 0.3) is 11.0 Å². The largest absolute Gasteiger partial charge is 0.500 e. The Morgan fingerprint density at radius 2 is 2.13 bits per heavy atom. The normalized spacial score (nSPS) is 18.3. The molecule has 1 saturated carbocycles. The lowest BCUT2D eigenvalue weighted by atomic mass is 9.86. The maximum absolute atomic E-state index is 13.4. The molecule has 0 unspecified atom stereocenters. The van der Waals surface area contributed by atoms with Crippen LogP contribution in [0.15, 0.2) is 35.0 Å². The van der Waals surface area contributed by atoms with Gasteiger partial charge in [0.05, 0.1) is 24.7 Å². The van der Waals surface area contributed by atoms with Gasteiger partial charge in [0.15, 0.2) is 0 Å². The first-order chi connectivity index (χ1) is 10.9. The fraction of sp³-hybridized carbons (Fsp3) is 0.471. The van der Waals surface area contributed by atoms with E-state index in [4.69, 9.17) is 9.72 Å². The highest BCUT2D eigenvalue weighted by Gasteiger charge is 2.37. The van der Waals surface area contributed by atoms with Crippen LogP contribution in [-0.4, -0.2) is 22.6 Å². The SMILES string of the molecule is C=C(Cn1c(C2CCC(F)(F)CC2)nc2ccc(Br)cc21)OC. The van der Waals surface area contributed by atoms with Crippen molar-refractivity contribution >= 4 is 27.0 Å². The molecule has 2 aromatic rings. The zero-order chi connectivity index (χ0) is 16.6. The molecular formula is C17H19BrF2N2O. The molecule has 0 bridgehead atoms. The number of allylic oxidation sites excluding steroid dienone is 1. The van der Waals surface area contributed by atoms with Crippen molar-refractivity contribution in [3.8, 4) is 0 Å². The van der Waals surface area contributed by atoms with Crippen LogP contribution in [0, 0.1) is 0 Å². The fourth-order valence-corrected chi connectivity index (χ4v) is 3.48. The van der Waals surface area contributed by atoms with Gasteiger partial charge in [-0.2, -0.15) is 0 Å². The zero-order valence-electron chi connectivity index (χ0n) is 13.0. The van der Waals surface area contributed by atoms with Crippen LogP contribution in [0.4, 0.5) is 8.78 Å². The van der Waals surface area contributed by atoms with Crippen molar-refractivity contribution in [1.82, 2.24) is 9.55 Å². The Labute approximate surface area is 142 Å². The van der Waals surface area contributed by atoms with Crippen molar-refractivity contribution in [3.63, 3.8) is 0 Å². The molecule has 0 saturated heterocycles. The molecule has 1 fully saturated rings. The van der Waals surface area contributed by atoms with Crippen LogP contribution >= 0.6 is 15.9 Å². The number of halogens is 3. The van der Waals surface area contributed by atoms with Gasteiger partial charge in [-0.25, -0.2) is 13.8 Å². The van der Waals surface area contributed by atoms with Crippen molar-refractivity contribution < 1.29 is 13.5 Å². The summed E-state index contributed by atoms with van der Waals surface area (Å²) in [6.07, 6.45) is 0.763. The van der Waals surface area contributed by atoms with Crippen LogP contribution in [0.2, 0.25) is 0 Å². The maximum Gasteiger partial charge on any atom is 0.248 e. The van der Waals surface area contributed by atoms with E-state index in [1.807, 2.05) is 22.8 Å². The number of ether oxygens (including phenoxy) is 1. The molecule has 3 rings (SSSR count). The third kappa shape index (κ3) is 3.42. The third-order valence-corrected chi connectivity index (χ3v) is 4.94. The standard InChI is InChI=1S/C17H19BrF2N2O/c1-11(23-2)10-22-15-9-13(18)3-4-14(15)21-16(22)12-5-7-17(19,20)8-6-12/h3-4,9,12H,1,5-8,10H2,2H3. The zero-order valence-corrected chi connectivity index (χ0v) is 14.6. The van der Waals surface area contributed by atoms with Crippen molar-refractivity contribution in [3.05, 3.63) is 40.8 Å². The number of aromatic nitrogens is 2. The quantitative estimate of drug-likeness (QED) is 0.672. The second-order valence-corrected chi connectivity index (χ2v) is 6.98.